The Bertz CT molecular complexity index is 279. The molecule has 4 heteroatoms. The third kappa shape index (κ3) is 3.19. The van der Waals surface area contributed by atoms with Crippen molar-refractivity contribution in [2.75, 3.05) is 19.6 Å². The largest absolute Gasteiger partial charge is 0.480 e. The lowest BCUT2D eigenvalue weighted by Crippen LogP contribution is -2.41. The van der Waals surface area contributed by atoms with Crippen molar-refractivity contribution in [3.05, 3.63) is 0 Å². The average molecular weight is 240 g/mol. The number of rotatable bonds is 6. The molecule has 1 N–H and O–H groups in total. The van der Waals surface area contributed by atoms with E-state index in [4.69, 9.17) is 5.11 Å². The predicted octanol–water partition coefficient (Wildman–Crippen LogP) is 1.41. The molecule has 2 aliphatic rings. The Labute approximate surface area is 104 Å². The molecule has 1 saturated carbocycles. The van der Waals surface area contributed by atoms with Crippen molar-refractivity contribution in [1.82, 2.24) is 9.80 Å². The summed E-state index contributed by atoms with van der Waals surface area (Å²) in [7, 11) is 0. The van der Waals surface area contributed by atoms with E-state index in [1.165, 1.54) is 12.8 Å². The molecule has 1 aliphatic heterocycles. The minimum Gasteiger partial charge on any atom is -0.480 e. The molecule has 0 radical (unpaired) electrons. The zero-order valence-corrected chi connectivity index (χ0v) is 10.9. The van der Waals surface area contributed by atoms with Crippen molar-refractivity contribution in [3.8, 4) is 0 Å². The van der Waals surface area contributed by atoms with Crippen LogP contribution in [0.3, 0.4) is 0 Å². The molecule has 0 aromatic carbocycles. The topological polar surface area (TPSA) is 43.8 Å². The first-order valence-corrected chi connectivity index (χ1v) is 6.83. The molecule has 0 bridgehead atoms. The van der Waals surface area contributed by atoms with Crippen molar-refractivity contribution < 1.29 is 9.90 Å². The summed E-state index contributed by atoms with van der Waals surface area (Å²) >= 11 is 0. The number of nitrogens with zero attached hydrogens (tertiary/aromatic N) is 2. The third-order valence-electron chi connectivity index (χ3n) is 3.98. The fraction of sp³-hybridized carbons (Fsp3) is 0.923. The van der Waals surface area contributed by atoms with Crippen LogP contribution in [0.2, 0.25) is 0 Å². The lowest BCUT2D eigenvalue weighted by molar-refractivity contribution is -0.138. The Balaban J connectivity index is 1.92. The molecule has 2 rings (SSSR count). The molecule has 1 saturated heterocycles. The average Bonchev–Trinajstić information content (AvgIpc) is 3.01. The quantitative estimate of drug-likeness (QED) is 0.762. The van der Waals surface area contributed by atoms with Gasteiger partial charge in [-0.1, -0.05) is 6.92 Å². The van der Waals surface area contributed by atoms with E-state index in [0.717, 1.165) is 32.0 Å². The zero-order chi connectivity index (χ0) is 12.4. The standard InChI is InChI=1S/C13H24N2O2/c1-3-6-14(9-13(16)17)12-7-10(2)15(8-12)11-4-5-11/h10-12H,3-9H2,1-2H3,(H,16,17). The molecule has 4 nitrogen and oxygen atoms in total. The predicted molar refractivity (Wildman–Crippen MR) is 67.1 cm³/mol. The van der Waals surface area contributed by atoms with Gasteiger partial charge in [-0.25, -0.2) is 0 Å². The minimum absolute atomic E-state index is 0.198. The van der Waals surface area contributed by atoms with Gasteiger partial charge in [-0.3, -0.25) is 14.6 Å². The molecule has 2 unspecified atom stereocenters. The molecule has 98 valence electrons. The summed E-state index contributed by atoms with van der Waals surface area (Å²) in [5.41, 5.74) is 0. The van der Waals surface area contributed by atoms with E-state index in [0.29, 0.717) is 12.1 Å². The molecule has 2 atom stereocenters. The second-order valence-corrected chi connectivity index (χ2v) is 5.53. The van der Waals surface area contributed by atoms with Crippen LogP contribution in [0.25, 0.3) is 0 Å². The van der Waals surface area contributed by atoms with E-state index in [2.05, 4.69) is 23.6 Å². The van der Waals surface area contributed by atoms with E-state index >= 15 is 0 Å². The molecule has 17 heavy (non-hydrogen) atoms. The Hall–Kier alpha value is -0.610. The highest BCUT2D eigenvalue weighted by atomic mass is 16.4. The van der Waals surface area contributed by atoms with Crippen molar-refractivity contribution in [1.29, 1.82) is 0 Å². The van der Waals surface area contributed by atoms with Gasteiger partial charge < -0.3 is 5.11 Å². The Kier molecular flexibility index (Phi) is 4.05. The van der Waals surface area contributed by atoms with Gasteiger partial charge >= 0.3 is 5.97 Å². The lowest BCUT2D eigenvalue weighted by Gasteiger charge is -2.27. The van der Waals surface area contributed by atoms with Gasteiger partial charge in [-0.15, -0.1) is 0 Å². The minimum atomic E-state index is -0.698. The second kappa shape index (κ2) is 5.36. The van der Waals surface area contributed by atoms with Crippen molar-refractivity contribution in [2.45, 2.75) is 57.7 Å². The van der Waals surface area contributed by atoms with Crippen LogP contribution >= 0.6 is 0 Å². The summed E-state index contributed by atoms with van der Waals surface area (Å²) in [6.45, 7) is 6.57. The van der Waals surface area contributed by atoms with Crippen molar-refractivity contribution >= 4 is 5.97 Å². The molecular formula is C13H24N2O2. The second-order valence-electron chi connectivity index (χ2n) is 5.53. The fourth-order valence-corrected chi connectivity index (χ4v) is 3.06. The van der Waals surface area contributed by atoms with Gasteiger partial charge in [-0.05, 0) is 39.2 Å². The highest BCUT2D eigenvalue weighted by Gasteiger charge is 2.40. The van der Waals surface area contributed by atoms with Crippen LogP contribution in [0.5, 0.6) is 0 Å². The van der Waals surface area contributed by atoms with Crippen LogP contribution < -0.4 is 0 Å². The van der Waals surface area contributed by atoms with Crippen LogP contribution in [-0.2, 0) is 4.79 Å². The SMILES string of the molecule is CCCN(CC(=O)O)C1CC(C)N(C2CC2)C1. The summed E-state index contributed by atoms with van der Waals surface area (Å²) in [4.78, 5) is 15.6. The molecule has 1 aliphatic carbocycles. The summed E-state index contributed by atoms with van der Waals surface area (Å²) < 4.78 is 0. The smallest absolute Gasteiger partial charge is 0.317 e. The van der Waals surface area contributed by atoms with Crippen molar-refractivity contribution in [2.24, 2.45) is 0 Å². The van der Waals surface area contributed by atoms with Crippen LogP contribution in [0.4, 0.5) is 0 Å². The van der Waals surface area contributed by atoms with Gasteiger partial charge in [0.1, 0.15) is 0 Å². The Morgan fingerprint density at radius 2 is 2.18 bits per heavy atom. The maximum atomic E-state index is 10.9. The highest BCUT2D eigenvalue weighted by Crippen LogP contribution is 2.34. The number of aliphatic carboxylic acids is 1. The van der Waals surface area contributed by atoms with Crippen LogP contribution in [0, 0.1) is 0 Å². The molecule has 0 aromatic heterocycles. The Morgan fingerprint density at radius 3 is 2.71 bits per heavy atom. The molecule has 1 heterocycles. The summed E-state index contributed by atoms with van der Waals surface area (Å²) in [6, 6.07) is 1.87. The number of likely N-dealkylation sites (tertiary alicyclic amines) is 1. The van der Waals surface area contributed by atoms with Gasteiger partial charge in [0.15, 0.2) is 0 Å². The Morgan fingerprint density at radius 1 is 1.47 bits per heavy atom. The monoisotopic (exact) mass is 240 g/mol. The normalized spacial score (nSPS) is 30.1. The van der Waals surface area contributed by atoms with Gasteiger partial charge in [0.05, 0.1) is 6.54 Å². The van der Waals surface area contributed by atoms with Crippen LogP contribution in [0.1, 0.15) is 39.5 Å². The number of hydrogen-bond acceptors (Lipinski definition) is 3. The lowest BCUT2D eigenvalue weighted by atomic mass is 10.1. The molecule has 0 aromatic rings. The first-order valence-electron chi connectivity index (χ1n) is 6.83. The zero-order valence-electron chi connectivity index (χ0n) is 10.9. The van der Waals surface area contributed by atoms with Crippen LogP contribution in [0.15, 0.2) is 0 Å². The molecular weight excluding hydrogens is 216 g/mol. The van der Waals surface area contributed by atoms with Gasteiger partial charge in [0.25, 0.3) is 0 Å². The first kappa shape index (κ1) is 12.8. The number of carbonyl (C=O) groups is 1. The summed E-state index contributed by atoms with van der Waals surface area (Å²) in [6.07, 6.45) is 4.83. The molecule has 0 spiro atoms. The van der Waals surface area contributed by atoms with Gasteiger partial charge in [0.2, 0.25) is 0 Å². The van der Waals surface area contributed by atoms with Gasteiger partial charge in [0, 0.05) is 24.7 Å². The molecule has 0 amide bonds. The van der Waals surface area contributed by atoms with E-state index in [-0.39, 0.29) is 6.54 Å². The summed E-state index contributed by atoms with van der Waals surface area (Å²) in [5, 5.41) is 8.97. The number of hydrogen-bond donors (Lipinski definition) is 1. The van der Waals surface area contributed by atoms with E-state index in [1.54, 1.807) is 0 Å². The van der Waals surface area contributed by atoms with Crippen molar-refractivity contribution in [3.63, 3.8) is 0 Å². The molecule has 2 fully saturated rings. The maximum Gasteiger partial charge on any atom is 0.317 e. The van der Waals surface area contributed by atoms with Crippen LogP contribution in [-0.4, -0.2) is 58.6 Å². The maximum absolute atomic E-state index is 10.9. The number of carboxylic acids is 1. The van der Waals surface area contributed by atoms with E-state index in [1.807, 2.05) is 0 Å². The van der Waals surface area contributed by atoms with E-state index in [9.17, 15) is 4.79 Å². The van der Waals surface area contributed by atoms with Gasteiger partial charge in [-0.2, -0.15) is 0 Å². The fourth-order valence-electron chi connectivity index (χ4n) is 3.06. The number of carboxylic acid groups (broad SMARTS) is 1. The summed E-state index contributed by atoms with van der Waals surface area (Å²) in [5.74, 6) is -0.698. The van der Waals surface area contributed by atoms with E-state index < -0.39 is 5.97 Å². The highest BCUT2D eigenvalue weighted by molar-refractivity contribution is 5.69. The first-order chi connectivity index (χ1) is 8.11. The third-order valence-corrected chi connectivity index (χ3v) is 3.98.